The first kappa shape index (κ1) is 27.8. The van der Waals surface area contributed by atoms with E-state index >= 15 is 0 Å². The van der Waals surface area contributed by atoms with Crippen LogP contribution in [-0.2, 0) is 24.4 Å². The first-order valence-corrected chi connectivity index (χ1v) is 12.8. The SMILES string of the molecule is C/C(=C\Cc1ccc(OCc2ccc([N+](=O)[O-])cc2)cc1OCc1ccc([N+](=O)[O-])cc1)CC[C@H]1OC1(C)C. The third-order valence-corrected chi connectivity index (χ3v) is 6.77. The van der Waals surface area contributed by atoms with Crippen LogP contribution < -0.4 is 9.47 Å². The molecule has 0 amide bonds. The van der Waals surface area contributed by atoms with Gasteiger partial charge in [0, 0.05) is 30.3 Å². The van der Waals surface area contributed by atoms with Gasteiger partial charge in [-0.05, 0) is 87.1 Å². The van der Waals surface area contributed by atoms with E-state index in [1.807, 2.05) is 18.2 Å². The Hall–Kier alpha value is -4.24. The Morgan fingerprint density at radius 1 is 0.897 bits per heavy atom. The second kappa shape index (κ2) is 12.1. The van der Waals surface area contributed by atoms with Gasteiger partial charge in [0.2, 0.25) is 0 Å². The van der Waals surface area contributed by atoms with Crippen LogP contribution in [0.5, 0.6) is 11.5 Å². The molecule has 3 aromatic carbocycles. The van der Waals surface area contributed by atoms with Crippen molar-refractivity contribution in [3.05, 3.63) is 115 Å². The smallest absolute Gasteiger partial charge is 0.269 e. The van der Waals surface area contributed by atoms with Gasteiger partial charge in [-0.1, -0.05) is 17.7 Å². The van der Waals surface area contributed by atoms with Gasteiger partial charge < -0.3 is 14.2 Å². The molecule has 3 aromatic rings. The van der Waals surface area contributed by atoms with Gasteiger partial charge in [-0.3, -0.25) is 20.2 Å². The number of epoxide rings is 1. The Labute approximate surface area is 227 Å². The number of nitro benzene ring substituents is 2. The lowest BCUT2D eigenvalue weighted by Gasteiger charge is -2.14. The number of nitro groups is 2. The fourth-order valence-corrected chi connectivity index (χ4v) is 4.17. The van der Waals surface area contributed by atoms with E-state index < -0.39 is 9.85 Å². The molecule has 4 rings (SSSR count). The van der Waals surface area contributed by atoms with Crippen molar-refractivity contribution < 1.29 is 24.1 Å². The molecule has 9 heteroatoms. The molecule has 1 atom stereocenters. The molecule has 0 N–H and O–H groups in total. The van der Waals surface area contributed by atoms with Gasteiger partial charge in [0.05, 0.1) is 21.6 Å². The maximum atomic E-state index is 10.9. The van der Waals surface area contributed by atoms with Gasteiger partial charge in [0.1, 0.15) is 24.7 Å². The number of rotatable bonds is 13. The predicted octanol–water partition coefficient (Wildman–Crippen LogP) is 7.11. The van der Waals surface area contributed by atoms with Crippen LogP contribution in [0.25, 0.3) is 0 Å². The van der Waals surface area contributed by atoms with Crippen molar-refractivity contribution in [2.75, 3.05) is 0 Å². The lowest BCUT2D eigenvalue weighted by atomic mass is 10.0. The van der Waals surface area contributed by atoms with E-state index in [0.29, 0.717) is 24.0 Å². The zero-order valence-electron chi connectivity index (χ0n) is 22.3. The monoisotopic (exact) mass is 532 g/mol. The van der Waals surface area contributed by atoms with Crippen molar-refractivity contribution >= 4 is 11.4 Å². The van der Waals surface area contributed by atoms with E-state index in [2.05, 4.69) is 26.8 Å². The van der Waals surface area contributed by atoms with Gasteiger partial charge in [-0.15, -0.1) is 0 Å². The second-order valence-corrected chi connectivity index (χ2v) is 10.2. The zero-order chi connectivity index (χ0) is 28.0. The van der Waals surface area contributed by atoms with E-state index in [0.717, 1.165) is 29.5 Å². The number of hydrogen-bond acceptors (Lipinski definition) is 7. The van der Waals surface area contributed by atoms with Crippen LogP contribution in [0.4, 0.5) is 11.4 Å². The van der Waals surface area contributed by atoms with E-state index in [4.69, 9.17) is 14.2 Å². The molecule has 0 aliphatic carbocycles. The van der Waals surface area contributed by atoms with Crippen molar-refractivity contribution in [3.8, 4) is 11.5 Å². The Morgan fingerprint density at radius 2 is 1.44 bits per heavy atom. The van der Waals surface area contributed by atoms with E-state index in [9.17, 15) is 20.2 Å². The molecule has 204 valence electrons. The zero-order valence-corrected chi connectivity index (χ0v) is 22.3. The fourth-order valence-electron chi connectivity index (χ4n) is 4.17. The molecule has 0 spiro atoms. The summed E-state index contributed by atoms with van der Waals surface area (Å²) in [4.78, 5) is 21.0. The predicted molar refractivity (Wildman–Crippen MR) is 147 cm³/mol. The summed E-state index contributed by atoms with van der Waals surface area (Å²) in [7, 11) is 0. The maximum absolute atomic E-state index is 10.9. The van der Waals surface area contributed by atoms with Gasteiger partial charge in [-0.2, -0.15) is 0 Å². The molecule has 1 aliphatic heterocycles. The van der Waals surface area contributed by atoms with Crippen molar-refractivity contribution in [2.24, 2.45) is 0 Å². The molecule has 0 bridgehead atoms. The quantitative estimate of drug-likeness (QED) is 0.0996. The first-order valence-electron chi connectivity index (χ1n) is 12.8. The molecule has 0 radical (unpaired) electrons. The average Bonchev–Trinajstić information content (AvgIpc) is 3.55. The summed E-state index contributed by atoms with van der Waals surface area (Å²) in [6.07, 6.45) is 5.14. The van der Waals surface area contributed by atoms with Crippen LogP contribution in [0.3, 0.4) is 0 Å². The molecule has 1 aliphatic rings. The topological polar surface area (TPSA) is 117 Å². The molecule has 1 fully saturated rings. The Kier molecular flexibility index (Phi) is 8.61. The highest BCUT2D eigenvalue weighted by molar-refractivity contribution is 5.43. The number of non-ortho nitro benzene ring substituents is 2. The summed E-state index contributed by atoms with van der Waals surface area (Å²) in [6, 6.07) is 18.2. The molecular formula is C30H32N2O7. The van der Waals surface area contributed by atoms with E-state index in [-0.39, 0.29) is 30.2 Å². The van der Waals surface area contributed by atoms with Gasteiger partial charge in [-0.25, -0.2) is 0 Å². The van der Waals surface area contributed by atoms with E-state index in [1.165, 1.54) is 29.8 Å². The van der Waals surface area contributed by atoms with E-state index in [1.54, 1.807) is 24.3 Å². The summed E-state index contributed by atoms with van der Waals surface area (Å²) < 4.78 is 17.8. The standard InChI is InChI=1S/C30H32N2O7/c1-21(5-17-29-30(2,3)39-29)4-10-24-11-16-27(37-19-22-6-12-25(13-7-22)31(33)34)18-28(24)38-20-23-8-14-26(15-9-23)32(35)36/h4,6-9,11-16,18,29H,5,10,17,19-20H2,1-3H3/b21-4+/t29-/m1/s1. The normalized spacial score (nSPS) is 16.0. The van der Waals surface area contributed by atoms with Gasteiger partial charge in [0.25, 0.3) is 11.4 Å². The molecule has 9 nitrogen and oxygen atoms in total. The minimum atomic E-state index is -0.436. The number of benzene rings is 3. The molecule has 0 unspecified atom stereocenters. The fraction of sp³-hybridized carbons (Fsp3) is 0.333. The van der Waals surface area contributed by atoms with Crippen LogP contribution in [-0.4, -0.2) is 21.6 Å². The Bertz CT molecular complexity index is 1350. The Balaban J connectivity index is 1.44. The lowest BCUT2D eigenvalue weighted by molar-refractivity contribution is -0.385. The molecular weight excluding hydrogens is 500 g/mol. The van der Waals surface area contributed by atoms with Crippen molar-refractivity contribution in [3.63, 3.8) is 0 Å². The number of ether oxygens (including phenoxy) is 3. The van der Waals surface area contributed by atoms with Crippen molar-refractivity contribution in [1.82, 2.24) is 0 Å². The third kappa shape index (κ3) is 7.87. The van der Waals surface area contributed by atoms with Crippen molar-refractivity contribution in [2.45, 2.75) is 65.0 Å². The number of hydrogen-bond donors (Lipinski definition) is 0. The summed E-state index contributed by atoms with van der Waals surface area (Å²) in [5.41, 5.74) is 3.93. The molecule has 39 heavy (non-hydrogen) atoms. The molecule has 0 aromatic heterocycles. The molecule has 1 saturated heterocycles. The van der Waals surface area contributed by atoms with Crippen LogP contribution in [0.15, 0.2) is 78.4 Å². The van der Waals surface area contributed by atoms with Crippen molar-refractivity contribution in [1.29, 1.82) is 0 Å². The number of nitrogens with zero attached hydrogens (tertiary/aromatic N) is 2. The summed E-state index contributed by atoms with van der Waals surface area (Å²) >= 11 is 0. The summed E-state index contributed by atoms with van der Waals surface area (Å²) in [6.45, 7) is 6.83. The highest BCUT2D eigenvalue weighted by Gasteiger charge is 2.46. The number of allylic oxidation sites excluding steroid dienone is 2. The maximum Gasteiger partial charge on any atom is 0.269 e. The first-order chi connectivity index (χ1) is 18.6. The molecule has 0 saturated carbocycles. The minimum Gasteiger partial charge on any atom is -0.489 e. The highest BCUT2D eigenvalue weighted by Crippen LogP contribution is 2.39. The second-order valence-electron chi connectivity index (χ2n) is 10.2. The van der Waals surface area contributed by atoms with Crippen LogP contribution >= 0.6 is 0 Å². The van der Waals surface area contributed by atoms with Gasteiger partial charge >= 0.3 is 0 Å². The lowest BCUT2D eigenvalue weighted by Crippen LogP contribution is -2.03. The third-order valence-electron chi connectivity index (χ3n) is 6.77. The van der Waals surface area contributed by atoms with Crippen LogP contribution in [0, 0.1) is 20.2 Å². The largest absolute Gasteiger partial charge is 0.489 e. The highest BCUT2D eigenvalue weighted by atomic mass is 16.6. The Morgan fingerprint density at radius 3 is 1.95 bits per heavy atom. The average molecular weight is 533 g/mol. The van der Waals surface area contributed by atoms with Crippen LogP contribution in [0.2, 0.25) is 0 Å². The van der Waals surface area contributed by atoms with Crippen LogP contribution in [0.1, 0.15) is 50.3 Å². The summed E-state index contributed by atoms with van der Waals surface area (Å²) in [5.74, 6) is 1.26. The summed E-state index contributed by atoms with van der Waals surface area (Å²) in [5, 5.41) is 21.8. The molecule has 1 heterocycles. The minimum absolute atomic E-state index is 0.0105. The van der Waals surface area contributed by atoms with Gasteiger partial charge in [0.15, 0.2) is 0 Å².